The molecule has 0 radical (unpaired) electrons. The van der Waals surface area contributed by atoms with Crippen LogP contribution in [-0.2, 0) is 26.1 Å². The maximum Gasteiger partial charge on any atom is 0.413 e. The van der Waals surface area contributed by atoms with E-state index < -0.39 is 22.8 Å². The molecule has 0 unspecified atom stereocenters. The van der Waals surface area contributed by atoms with Crippen molar-refractivity contribution in [3.63, 3.8) is 0 Å². The topological polar surface area (TPSA) is 84.5 Å². The molecule has 0 saturated carbocycles. The molecule has 2 N–H and O–H groups in total. The first-order valence-electron chi connectivity index (χ1n) is 5.30. The van der Waals surface area contributed by atoms with Crippen molar-refractivity contribution in [2.75, 3.05) is 11.9 Å². The highest BCUT2D eigenvalue weighted by Crippen LogP contribution is 2.25. The minimum atomic E-state index is -4.64. The molecular weight excluding hydrogens is 301 g/mol. The molecule has 10 heteroatoms. The Bertz CT molecular complexity index is 642. The molecule has 0 aromatic heterocycles. The van der Waals surface area contributed by atoms with E-state index in [0.717, 1.165) is 6.07 Å². The second-order valence-electron chi connectivity index (χ2n) is 4.03. The molecule has 1 heterocycles. The van der Waals surface area contributed by atoms with Gasteiger partial charge in [-0.25, -0.2) is 8.42 Å². The third-order valence-electron chi connectivity index (χ3n) is 2.42. The first-order chi connectivity index (χ1) is 9.17. The normalized spacial score (nSPS) is 15.1. The Labute approximate surface area is 111 Å². The second kappa shape index (κ2) is 5.04. The number of rotatable bonds is 4. The molecule has 1 aromatic carbocycles. The van der Waals surface area contributed by atoms with E-state index in [1.165, 1.54) is 17.0 Å². The van der Waals surface area contributed by atoms with Gasteiger partial charge in [0, 0.05) is 5.69 Å². The molecular formula is C10H9F3N2O4S. The molecule has 1 aliphatic heterocycles. The number of amides is 1. The van der Waals surface area contributed by atoms with Crippen molar-refractivity contribution in [2.24, 2.45) is 0 Å². The number of hydrogen-bond acceptors (Lipinski definition) is 4. The van der Waals surface area contributed by atoms with Gasteiger partial charge in [0.2, 0.25) is 5.91 Å². The minimum absolute atomic E-state index is 0.0160. The van der Waals surface area contributed by atoms with Crippen LogP contribution in [0.15, 0.2) is 23.1 Å². The Balaban J connectivity index is 2.11. The van der Waals surface area contributed by atoms with Crippen LogP contribution in [0.4, 0.5) is 18.9 Å². The zero-order valence-corrected chi connectivity index (χ0v) is 10.6. The van der Waals surface area contributed by atoms with Crippen molar-refractivity contribution >= 4 is 21.6 Å². The molecule has 2 rings (SSSR count). The monoisotopic (exact) mass is 310 g/mol. The van der Waals surface area contributed by atoms with E-state index in [9.17, 15) is 26.4 Å². The average Bonchev–Trinajstić information content (AvgIpc) is 2.65. The lowest BCUT2D eigenvalue weighted by Gasteiger charge is -2.10. The summed E-state index contributed by atoms with van der Waals surface area (Å²) in [7, 11) is -4.23. The summed E-state index contributed by atoms with van der Waals surface area (Å²) in [5, 5.41) is 2.50. The number of fused-ring (bicyclic) bond motifs is 1. The van der Waals surface area contributed by atoms with E-state index in [4.69, 9.17) is 0 Å². The lowest BCUT2D eigenvalue weighted by molar-refractivity contribution is -0.181. The minimum Gasteiger partial charge on any atom is -0.326 e. The smallest absolute Gasteiger partial charge is 0.326 e. The van der Waals surface area contributed by atoms with Gasteiger partial charge in [-0.15, -0.1) is 0 Å². The number of hydrogen-bond donors (Lipinski definition) is 2. The van der Waals surface area contributed by atoms with Crippen LogP contribution < -0.4 is 10.2 Å². The molecule has 0 spiro atoms. The summed E-state index contributed by atoms with van der Waals surface area (Å²) in [6.07, 6.45) is -4.63. The van der Waals surface area contributed by atoms with Crippen LogP contribution in [0.5, 0.6) is 0 Å². The fourth-order valence-electron chi connectivity index (χ4n) is 1.61. The molecule has 0 fully saturated rings. The zero-order valence-electron chi connectivity index (χ0n) is 9.82. The number of nitrogens with one attached hydrogen (secondary N) is 2. The van der Waals surface area contributed by atoms with Gasteiger partial charge < -0.3 is 5.32 Å². The molecule has 110 valence electrons. The first-order valence-corrected chi connectivity index (χ1v) is 6.79. The predicted octanol–water partition coefficient (Wildman–Crippen LogP) is 0.953. The van der Waals surface area contributed by atoms with Crippen LogP contribution in [0.2, 0.25) is 0 Å². The number of halogens is 3. The van der Waals surface area contributed by atoms with E-state index in [-0.39, 0.29) is 17.2 Å². The first kappa shape index (κ1) is 14.8. The molecule has 20 heavy (non-hydrogen) atoms. The summed E-state index contributed by atoms with van der Waals surface area (Å²) in [5.41, 5.74) is 0.929. The van der Waals surface area contributed by atoms with Crippen molar-refractivity contribution in [3.8, 4) is 0 Å². The van der Waals surface area contributed by atoms with E-state index in [1.807, 2.05) is 0 Å². The van der Waals surface area contributed by atoms with Gasteiger partial charge in [-0.3, -0.25) is 9.63 Å². The molecule has 0 bridgehead atoms. The van der Waals surface area contributed by atoms with E-state index in [2.05, 4.69) is 10.2 Å². The van der Waals surface area contributed by atoms with Gasteiger partial charge >= 0.3 is 6.18 Å². The maximum atomic E-state index is 11.9. The molecule has 0 atom stereocenters. The third kappa shape index (κ3) is 3.46. The van der Waals surface area contributed by atoms with Crippen molar-refractivity contribution in [3.05, 3.63) is 23.8 Å². The zero-order chi connectivity index (χ0) is 15.0. The Morgan fingerprint density at radius 1 is 1.35 bits per heavy atom. The maximum absolute atomic E-state index is 11.9. The quantitative estimate of drug-likeness (QED) is 0.811. The average molecular weight is 310 g/mol. The van der Waals surface area contributed by atoms with Gasteiger partial charge in [0.1, 0.15) is 0 Å². The second-order valence-corrected chi connectivity index (χ2v) is 5.68. The number of carbonyl (C=O) groups is 1. The Morgan fingerprint density at radius 3 is 2.70 bits per heavy atom. The van der Waals surface area contributed by atoms with Gasteiger partial charge in [0.05, 0.1) is 11.3 Å². The van der Waals surface area contributed by atoms with Gasteiger partial charge in [0.15, 0.2) is 6.61 Å². The van der Waals surface area contributed by atoms with Crippen LogP contribution in [0.3, 0.4) is 0 Å². The highest BCUT2D eigenvalue weighted by molar-refractivity contribution is 7.89. The van der Waals surface area contributed by atoms with Crippen LogP contribution in [0, 0.1) is 0 Å². The molecule has 0 saturated heterocycles. The highest BCUT2D eigenvalue weighted by atomic mass is 32.2. The van der Waals surface area contributed by atoms with E-state index in [0.29, 0.717) is 11.3 Å². The molecule has 6 nitrogen and oxygen atoms in total. The fraction of sp³-hybridized carbons (Fsp3) is 0.300. The SMILES string of the molecule is O=C1Cc2cc(S(=O)(=O)NOCC(F)(F)F)ccc2N1. The summed E-state index contributed by atoms with van der Waals surface area (Å²) in [4.78, 5) is 16.1. The lowest BCUT2D eigenvalue weighted by Crippen LogP contribution is -2.29. The Kier molecular flexibility index (Phi) is 3.71. The fourth-order valence-corrected chi connectivity index (χ4v) is 2.46. The van der Waals surface area contributed by atoms with Gasteiger partial charge in [0.25, 0.3) is 10.0 Å². The number of anilines is 1. The number of benzene rings is 1. The van der Waals surface area contributed by atoms with E-state index in [1.54, 1.807) is 0 Å². The van der Waals surface area contributed by atoms with Crippen molar-refractivity contribution in [1.29, 1.82) is 0 Å². The van der Waals surface area contributed by atoms with E-state index >= 15 is 0 Å². The van der Waals surface area contributed by atoms with Crippen LogP contribution in [-0.4, -0.2) is 27.1 Å². The summed E-state index contributed by atoms with van der Waals surface area (Å²) in [6.45, 7) is -1.74. The van der Waals surface area contributed by atoms with Crippen molar-refractivity contribution in [1.82, 2.24) is 4.89 Å². The van der Waals surface area contributed by atoms with Gasteiger partial charge in [-0.1, -0.05) is 4.89 Å². The molecule has 1 aliphatic rings. The number of sulfonamides is 1. The standard InChI is InChI=1S/C10H9F3N2O4S/c11-10(12,13)5-19-15-20(17,18)7-1-2-8-6(3-7)4-9(16)14-8/h1-3,15H,4-5H2,(H,14,16). The Hall–Kier alpha value is -1.65. The van der Waals surface area contributed by atoms with Gasteiger partial charge in [-0.05, 0) is 23.8 Å². The summed E-state index contributed by atoms with van der Waals surface area (Å²) < 4.78 is 58.9. The largest absolute Gasteiger partial charge is 0.413 e. The Morgan fingerprint density at radius 2 is 2.05 bits per heavy atom. The van der Waals surface area contributed by atoms with Crippen molar-refractivity contribution < 1.29 is 31.2 Å². The van der Waals surface area contributed by atoms with Crippen LogP contribution >= 0.6 is 0 Å². The number of carbonyl (C=O) groups excluding carboxylic acids is 1. The molecule has 1 amide bonds. The van der Waals surface area contributed by atoms with Crippen LogP contribution in [0.25, 0.3) is 0 Å². The summed E-state index contributed by atoms with van der Waals surface area (Å²) in [6, 6.07) is 3.72. The molecule has 0 aliphatic carbocycles. The third-order valence-corrected chi connectivity index (χ3v) is 3.63. The lowest BCUT2D eigenvalue weighted by atomic mass is 10.2. The van der Waals surface area contributed by atoms with Gasteiger partial charge in [-0.2, -0.15) is 13.2 Å². The highest BCUT2D eigenvalue weighted by Gasteiger charge is 2.29. The van der Waals surface area contributed by atoms with Crippen molar-refractivity contribution in [2.45, 2.75) is 17.5 Å². The summed E-state index contributed by atoms with van der Waals surface area (Å²) in [5.74, 6) is -0.282. The van der Waals surface area contributed by atoms with Crippen LogP contribution in [0.1, 0.15) is 5.56 Å². The predicted molar refractivity (Wildman–Crippen MR) is 61.1 cm³/mol. The number of alkyl halides is 3. The summed E-state index contributed by atoms with van der Waals surface area (Å²) >= 11 is 0. The molecule has 1 aromatic rings.